The molecule has 4 atom stereocenters. The average molecular weight is 494 g/mol. The molecular weight excluding hydrogens is 473 g/mol. The highest BCUT2D eigenvalue weighted by Gasteiger charge is 2.56. The van der Waals surface area contributed by atoms with Crippen LogP contribution in [0.15, 0.2) is 30.9 Å². The maximum Gasteiger partial charge on any atom is 0.310 e. The molecule has 1 aromatic carbocycles. The molecule has 2 saturated heterocycles. The first-order chi connectivity index (χ1) is 15.7. The van der Waals surface area contributed by atoms with Crippen LogP contribution in [0.2, 0.25) is 10.0 Å². The number of fused-ring (bicyclic) bond motifs is 2. The summed E-state index contributed by atoms with van der Waals surface area (Å²) in [7, 11) is 0. The van der Waals surface area contributed by atoms with Gasteiger partial charge in [-0.3, -0.25) is 9.36 Å². The zero-order valence-electron chi connectivity index (χ0n) is 17.8. The fourth-order valence-corrected chi connectivity index (χ4v) is 4.44. The van der Waals surface area contributed by atoms with Gasteiger partial charge in [-0.2, -0.15) is 0 Å². The maximum atomic E-state index is 12.4. The van der Waals surface area contributed by atoms with Crippen molar-refractivity contribution in [2.45, 2.75) is 50.6 Å². The minimum Gasteiger partial charge on any atom is -0.463 e. The van der Waals surface area contributed by atoms with Crippen molar-refractivity contribution >= 4 is 46.2 Å². The minimum absolute atomic E-state index is 0.0129. The summed E-state index contributed by atoms with van der Waals surface area (Å²) in [5.41, 5.74) is 7.58. The van der Waals surface area contributed by atoms with E-state index in [2.05, 4.69) is 15.0 Å². The Kier molecular flexibility index (Phi) is 5.66. The lowest BCUT2D eigenvalue weighted by molar-refractivity contribution is -0.202. The highest BCUT2D eigenvalue weighted by molar-refractivity contribution is 6.42. The number of esters is 1. The van der Waals surface area contributed by atoms with Gasteiger partial charge in [0.2, 0.25) is 0 Å². The van der Waals surface area contributed by atoms with Gasteiger partial charge in [0.05, 0.1) is 22.8 Å². The molecule has 0 spiro atoms. The van der Waals surface area contributed by atoms with Crippen LogP contribution in [0.5, 0.6) is 0 Å². The number of benzene rings is 1. The van der Waals surface area contributed by atoms with Gasteiger partial charge in [-0.05, 0) is 31.5 Å². The molecule has 0 amide bonds. The third-order valence-corrected chi connectivity index (χ3v) is 6.27. The number of anilines is 1. The lowest BCUT2D eigenvalue weighted by Crippen LogP contribution is -2.33. The molecule has 10 nitrogen and oxygen atoms in total. The topological polar surface area (TPSA) is 124 Å². The number of nitrogens with two attached hydrogens (primary N) is 1. The molecule has 0 bridgehead atoms. The van der Waals surface area contributed by atoms with Crippen molar-refractivity contribution in [3.63, 3.8) is 0 Å². The third kappa shape index (κ3) is 4.24. The molecule has 12 heteroatoms. The van der Waals surface area contributed by atoms with E-state index < -0.39 is 36.3 Å². The van der Waals surface area contributed by atoms with Crippen molar-refractivity contribution in [2.24, 2.45) is 0 Å². The van der Waals surface area contributed by atoms with Crippen molar-refractivity contribution in [1.82, 2.24) is 19.5 Å². The highest BCUT2D eigenvalue weighted by Crippen LogP contribution is 2.43. The number of ether oxygens (including phenoxy) is 4. The van der Waals surface area contributed by atoms with Gasteiger partial charge in [-0.15, -0.1) is 0 Å². The standard InChI is InChI=1S/C21H21Cl2N5O5/c1-21(2)32-16-13(7-30-14(29)6-10-3-4-11(22)12(23)5-10)31-20(17(16)33-21)28-9-27-15-18(24)25-8-26-19(15)28/h3-5,8-9,13,16-17,20H,6-7H2,1-2H3,(H2,24,25,26)/t13-,16-,17-,20-/m1/s1. The molecule has 174 valence electrons. The van der Waals surface area contributed by atoms with Crippen LogP contribution in [-0.4, -0.2) is 56.2 Å². The number of carbonyl (C=O) groups is 1. The SMILES string of the molecule is CC1(C)O[C@@H]2[C@H](O1)[C@@H](COC(=O)Cc1ccc(Cl)c(Cl)c1)O[C@H]2n1cnc2c(N)ncnc21. The van der Waals surface area contributed by atoms with Crippen LogP contribution in [0.3, 0.4) is 0 Å². The second kappa shape index (κ2) is 8.37. The van der Waals surface area contributed by atoms with Crippen LogP contribution >= 0.6 is 23.2 Å². The molecule has 2 aliphatic rings. The van der Waals surface area contributed by atoms with E-state index in [1.807, 2.05) is 13.8 Å². The molecule has 4 heterocycles. The minimum atomic E-state index is -0.829. The molecule has 2 fully saturated rings. The Bertz CT molecular complexity index is 1220. The zero-order chi connectivity index (χ0) is 23.3. The summed E-state index contributed by atoms with van der Waals surface area (Å²) >= 11 is 12.0. The summed E-state index contributed by atoms with van der Waals surface area (Å²) in [4.78, 5) is 25.0. The molecular formula is C21H21Cl2N5O5. The number of carbonyl (C=O) groups excluding carboxylic acids is 1. The summed E-state index contributed by atoms with van der Waals surface area (Å²) in [5.74, 6) is -0.988. The van der Waals surface area contributed by atoms with Crippen molar-refractivity contribution in [3.8, 4) is 0 Å². The van der Waals surface area contributed by atoms with Gasteiger partial charge in [0, 0.05) is 0 Å². The predicted molar refractivity (Wildman–Crippen MR) is 119 cm³/mol. The zero-order valence-corrected chi connectivity index (χ0v) is 19.3. The fourth-order valence-electron chi connectivity index (χ4n) is 4.12. The first kappa shape index (κ1) is 22.3. The van der Waals surface area contributed by atoms with Crippen LogP contribution in [0.4, 0.5) is 5.82 Å². The molecule has 0 unspecified atom stereocenters. The normalized spacial score (nSPS) is 25.9. The molecule has 2 aromatic heterocycles. The summed E-state index contributed by atoms with van der Waals surface area (Å²) in [6.45, 7) is 3.63. The van der Waals surface area contributed by atoms with Crippen molar-refractivity contribution in [3.05, 3.63) is 46.5 Å². The van der Waals surface area contributed by atoms with Crippen molar-refractivity contribution in [1.29, 1.82) is 0 Å². The quantitative estimate of drug-likeness (QED) is 0.533. The van der Waals surface area contributed by atoms with Crippen molar-refractivity contribution in [2.75, 3.05) is 12.3 Å². The van der Waals surface area contributed by atoms with Gasteiger partial charge >= 0.3 is 5.97 Å². The van der Waals surface area contributed by atoms with Crippen molar-refractivity contribution < 1.29 is 23.7 Å². The van der Waals surface area contributed by atoms with E-state index in [0.29, 0.717) is 26.8 Å². The molecule has 2 aliphatic heterocycles. The Hall–Kier alpha value is -2.50. The number of rotatable bonds is 5. The molecule has 0 saturated carbocycles. The van der Waals surface area contributed by atoms with E-state index in [4.69, 9.17) is 47.9 Å². The van der Waals surface area contributed by atoms with Crippen LogP contribution in [0, 0.1) is 0 Å². The summed E-state index contributed by atoms with van der Waals surface area (Å²) < 4.78 is 25.6. The van der Waals surface area contributed by atoms with E-state index in [0.717, 1.165) is 0 Å². The van der Waals surface area contributed by atoms with Gasteiger partial charge in [-0.25, -0.2) is 15.0 Å². The van der Waals surface area contributed by atoms with Crippen LogP contribution in [0.1, 0.15) is 25.6 Å². The van der Waals surface area contributed by atoms with E-state index in [1.165, 1.54) is 6.33 Å². The van der Waals surface area contributed by atoms with E-state index >= 15 is 0 Å². The van der Waals surface area contributed by atoms with Crippen LogP contribution in [0.25, 0.3) is 11.2 Å². The number of hydrogen-bond acceptors (Lipinski definition) is 9. The second-order valence-electron chi connectivity index (χ2n) is 8.32. The predicted octanol–water partition coefficient (Wildman–Crippen LogP) is 2.92. The summed E-state index contributed by atoms with van der Waals surface area (Å²) in [6, 6.07) is 5.00. The van der Waals surface area contributed by atoms with Crippen LogP contribution < -0.4 is 5.73 Å². The lowest BCUT2D eigenvalue weighted by atomic mass is 10.1. The monoisotopic (exact) mass is 493 g/mol. The fraction of sp³-hybridized carbons (Fsp3) is 0.429. The van der Waals surface area contributed by atoms with Gasteiger partial charge in [-0.1, -0.05) is 29.3 Å². The Morgan fingerprint density at radius 1 is 1.18 bits per heavy atom. The smallest absolute Gasteiger partial charge is 0.310 e. The molecule has 33 heavy (non-hydrogen) atoms. The summed E-state index contributed by atoms with van der Waals surface area (Å²) in [6.07, 6.45) is 0.898. The maximum absolute atomic E-state index is 12.4. The van der Waals surface area contributed by atoms with Gasteiger partial charge in [0.15, 0.2) is 23.5 Å². The molecule has 0 aliphatic carbocycles. The van der Waals surface area contributed by atoms with E-state index in [1.54, 1.807) is 29.1 Å². The van der Waals surface area contributed by atoms with Gasteiger partial charge in [0.25, 0.3) is 0 Å². The summed E-state index contributed by atoms with van der Waals surface area (Å²) in [5, 5.41) is 0.799. The molecule has 2 N–H and O–H groups in total. The largest absolute Gasteiger partial charge is 0.463 e. The van der Waals surface area contributed by atoms with E-state index in [-0.39, 0.29) is 18.8 Å². The molecule has 0 radical (unpaired) electrons. The Morgan fingerprint density at radius 3 is 2.76 bits per heavy atom. The number of nitrogens with zero attached hydrogens (tertiary/aromatic N) is 4. The Morgan fingerprint density at radius 2 is 1.97 bits per heavy atom. The highest BCUT2D eigenvalue weighted by atomic mass is 35.5. The third-order valence-electron chi connectivity index (χ3n) is 5.53. The first-order valence-electron chi connectivity index (χ1n) is 10.3. The van der Waals surface area contributed by atoms with Gasteiger partial charge < -0.3 is 24.7 Å². The first-order valence-corrected chi connectivity index (χ1v) is 11.0. The second-order valence-corrected chi connectivity index (χ2v) is 9.14. The molecule has 5 rings (SSSR count). The number of aromatic nitrogens is 4. The number of nitrogen functional groups attached to an aromatic ring is 1. The Labute approximate surface area is 198 Å². The van der Waals surface area contributed by atoms with E-state index in [9.17, 15) is 4.79 Å². The number of imidazole rings is 1. The average Bonchev–Trinajstić information content (AvgIpc) is 3.41. The van der Waals surface area contributed by atoms with Gasteiger partial charge in [0.1, 0.15) is 36.8 Å². The molecule has 3 aromatic rings. The number of halogens is 2. The van der Waals surface area contributed by atoms with Crippen LogP contribution in [-0.2, 0) is 30.2 Å². The Balaban J connectivity index is 1.32. The lowest BCUT2D eigenvalue weighted by Gasteiger charge is -2.24. The number of hydrogen-bond donors (Lipinski definition) is 1.